The molecule has 1 aromatic rings. The van der Waals surface area contributed by atoms with Crippen LogP contribution in [0.1, 0.15) is 57.2 Å². The van der Waals surface area contributed by atoms with Gasteiger partial charge >= 0.3 is 0 Å². The molecule has 0 aromatic carbocycles. The Bertz CT molecular complexity index is 315. The van der Waals surface area contributed by atoms with E-state index in [4.69, 9.17) is 10.3 Å². The van der Waals surface area contributed by atoms with Gasteiger partial charge in [-0.25, -0.2) is 0 Å². The molecule has 0 bridgehead atoms. The first-order valence-corrected chi connectivity index (χ1v) is 5.26. The molecule has 1 aliphatic rings. The second-order valence-electron chi connectivity index (χ2n) is 4.40. The molecule has 4 nitrogen and oxygen atoms in total. The van der Waals surface area contributed by atoms with Gasteiger partial charge in [-0.3, -0.25) is 0 Å². The van der Waals surface area contributed by atoms with E-state index in [0.29, 0.717) is 11.7 Å². The normalized spacial score (nSPS) is 20.8. The SMILES string of the molecule is CCCC(C)(N)c1noc(C2CC2)n1. The average Bonchev–Trinajstić information content (AvgIpc) is 2.83. The summed E-state index contributed by atoms with van der Waals surface area (Å²) in [7, 11) is 0. The number of nitrogens with zero attached hydrogens (tertiary/aromatic N) is 2. The van der Waals surface area contributed by atoms with Crippen molar-refractivity contribution in [3.63, 3.8) is 0 Å². The van der Waals surface area contributed by atoms with Crippen molar-refractivity contribution >= 4 is 0 Å². The van der Waals surface area contributed by atoms with Crippen molar-refractivity contribution in [3.05, 3.63) is 11.7 Å². The predicted octanol–water partition coefficient (Wildman–Crippen LogP) is 1.92. The summed E-state index contributed by atoms with van der Waals surface area (Å²) >= 11 is 0. The van der Waals surface area contributed by atoms with Crippen molar-refractivity contribution in [2.75, 3.05) is 0 Å². The minimum absolute atomic E-state index is 0.439. The first-order chi connectivity index (χ1) is 6.63. The Kier molecular flexibility index (Phi) is 2.31. The molecule has 0 amide bonds. The highest BCUT2D eigenvalue weighted by Gasteiger charge is 2.33. The topological polar surface area (TPSA) is 64.9 Å². The van der Waals surface area contributed by atoms with Crippen LogP contribution >= 0.6 is 0 Å². The summed E-state index contributed by atoms with van der Waals surface area (Å²) < 4.78 is 5.18. The van der Waals surface area contributed by atoms with E-state index < -0.39 is 5.54 Å². The van der Waals surface area contributed by atoms with E-state index in [2.05, 4.69) is 17.1 Å². The summed E-state index contributed by atoms with van der Waals surface area (Å²) in [5, 5.41) is 3.96. The molecule has 0 radical (unpaired) electrons. The summed E-state index contributed by atoms with van der Waals surface area (Å²) in [6.07, 6.45) is 4.27. The Morgan fingerprint density at radius 1 is 1.57 bits per heavy atom. The maximum absolute atomic E-state index is 6.10. The van der Waals surface area contributed by atoms with Gasteiger partial charge < -0.3 is 10.3 Å². The molecule has 1 unspecified atom stereocenters. The Morgan fingerprint density at radius 2 is 2.29 bits per heavy atom. The zero-order valence-electron chi connectivity index (χ0n) is 8.79. The van der Waals surface area contributed by atoms with Gasteiger partial charge in [0.15, 0.2) is 5.82 Å². The highest BCUT2D eigenvalue weighted by Crippen LogP contribution is 2.39. The molecule has 1 aromatic heterocycles. The first kappa shape index (κ1) is 9.65. The van der Waals surface area contributed by atoms with E-state index in [1.807, 2.05) is 6.92 Å². The van der Waals surface area contributed by atoms with Crippen molar-refractivity contribution in [2.24, 2.45) is 5.73 Å². The van der Waals surface area contributed by atoms with Crippen molar-refractivity contribution in [2.45, 2.75) is 51.0 Å². The van der Waals surface area contributed by atoms with Crippen LogP contribution in [0, 0.1) is 0 Å². The number of hydrogen-bond acceptors (Lipinski definition) is 4. The Labute approximate surface area is 83.9 Å². The number of nitrogens with two attached hydrogens (primary N) is 1. The number of hydrogen-bond donors (Lipinski definition) is 1. The minimum Gasteiger partial charge on any atom is -0.339 e. The third-order valence-corrected chi connectivity index (χ3v) is 2.65. The maximum Gasteiger partial charge on any atom is 0.229 e. The van der Waals surface area contributed by atoms with Gasteiger partial charge in [0.25, 0.3) is 0 Å². The van der Waals surface area contributed by atoms with E-state index in [1.165, 1.54) is 12.8 Å². The van der Waals surface area contributed by atoms with Gasteiger partial charge in [-0.15, -0.1) is 0 Å². The molecule has 2 rings (SSSR count). The van der Waals surface area contributed by atoms with Gasteiger partial charge in [0.2, 0.25) is 5.89 Å². The van der Waals surface area contributed by atoms with Crippen LogP contribution in [0.3, 0.4) is 0 Å². The maximum atomic E-state index is 6.10. The van der Waals surface area contributed by atoms with Gasteiger partial charge in [0, 0.05) is 5.92 Å². The van der Waals surface area contributed by atoms with Crippen LogP contribution in [-0.4, -0.2) is 10.1 Å². The van der Waals surface area contributed by atoms with Crippen LogP contribution in [0.5, 0.6) is 0 Å². The van der Waals surface area contributed by atoms with Crippen LogP contribution in [-0.2, 0) is 5.54 Å². The van der Waals surface area contributed by atoms with Crippen LogP contribution < -0.4 is 5.73 Å². The molecule has 4 heteroatoms. The number of rotatable bonds is 4. The Balaban J connectivity index is 2.14. The van der Waals surface area contributed by atoms with Crippen LogP contribution in [0.25, 0.3) is 0 Å². The van der Waals surface area contributed by atoms with Crippen molar-refractivity contribution in [1.29, 1.82) is 0 Å². The fourth-order valence-electron chi connectivity index (χ4n) is 1.59. The van der Waals surface area contributed by atoms with Gasteiger partial charge in [-0.05, 0) is 26.2 Å². The molecular weight excluding hydrogens is 178 g/mol. The lowest BCUT2D eigenvalue weighted by molar-refractivity contribution is 0.347. The third kappa shape index (κ3) is 1.80. The van der Waals surface area contributed by atoms with Crippen molar-refractivity contribution < 1.29 is 4.52 Å². The molecular formula is C10H17N3O. The molecule has 0 spiro atoms. The molecule has 78 valence electrons. The average molecular weight is 195 g/mol. The summed E-state index contributed by atoms with van der Waals surface area (Å²) in [6.45, 7) is 4.06. The lowest BCUT2D eigenvalue weighted by Crippen LogP contribution is -2.34. The first-order valence-electron chi connectivity index (χ1n) is 5.26. The summed E-state index contributed by atoms with van der Waals surface area (Å²) in [5.41, 5.74) is 5.66. The molecule has 1 heterocycles. The molecule has 0 aliphatic heterocycles. The lowest BCUT2D eigenvalue weighted by Gasteiger charge is -2.18. The molecule has 1 saturated carbocycles. The van der Waals surface area contributed by atoms with Gasteiger partial charge in [0.1, 0.15) is 0 Å². The highest BCUT2D eigenvalue weighted by atomic mass is 16.5. The van der Waals surface area contributed by atoms with Crippen LogP contribution in [0.15, 0.2) is 4.52 Å². The zero-order valence-corrected chi connectivity index (χ0v) is 8.79. The van der Waals surface area contributed by atoms with E-state index in [9.17, 15) is 0 Å². The third-order valence-electron chi connectivity index (χ3n) is 2.65. The zero-order chi connectivity index (χ0) is 10.2. The van der Waals surface area contributed by atoms with E-state index in [-0.39, 0.29) is 0 Å². The predicted molar refractivity (Wildman–Crippen MR) is 52.7 cm³/mol. The molecule has 2 N–H and O–H groups in total. The van der Waals surface area contributed by atoms with Crippen LogP contribution in [0.2, 0.25) is 0 Å². The summed E-state index contributed by atoms with van der Waals surface area (Å²) in [6, 6.07) is 0. The van der Waals surface area contributed by atoms with Crippen LogP contribution in [0.4, 0.5) is 0 Å². The fourth-order valence-corrected chi connectivity index (χ4v) is 1.59. The summed E-state index contributed by atoms with van der Waals surface area (Å²) in [5.74, 6) is 1.93. The van der Waals surface area contributed by atoms with E-state index >= 15 is 0 Å². The largest absolute Gasteiger partial charge is 0.339 e. The highest BCUT2D eigenvalue weighted by molar-refractivity contribution is 5.07. The molecule has 0 saturated heterocycles. The smallest absolute Gasteiger partial charge is 0.229 e. The number of aromatic nitrogens is 2. The molecule has 14 heavy (non-hydrogen) atoms. The van der Waals surface area contributed by atoms with Gasteiger partial charge in [0.05, 0.1) is 5.54 Å². The molecule has 1 fully saturated rings. The molecule has 1 atom stereocenters. The second-order valence-corrected chi connectivity index (χ2v) is 4.40. The van der Waals surface area contributed by atoms with Gasteiger partial charge in [-0.2, -0.15) is 4.98 Å². The van der Waals surface area contributed by atoms with Crippen molar-refractivity contribution in [1.82, 2.24) is 10.1 Å². The monoisotopic (exact) mass is 195 g/mol. The molecule has 1 aliphatic carbocycles. The summed E-state index contributed by atoms with van der Waals surface area (Å²) in [4.78, 5) is 4.36. The second kappa shape index (κ2) is 3.35. The van der Waals surface area contributed by atoms with Gasteiger partial charge in [-0.1, -0.05) is 18.5 Å². The minimum atomic E-state index is -0.439. The Morgan fingerprint density at radius 3 is 2.86 bits per heavy atom. The lowest BCUT2D eigenvalue weighted by atomic mass is 9.97. The van der Waals surface area contributed by atoms with E-state index in [1.54, 1.807) is 0 Å². The van der Waals surface area contributed by atoms with Crippen molar-refractivity contribution in [3.8, 4) is 0 Å². The standard InChI is InChI=1S/C10H17N3O/c1-3-6-10(2,11)9-12-8(14-13-9)7-4-5-7/h7H,3-6,11H2,1-2H3. The quantitative estimate of drug-likeness (QED) is 0.797. The Hall–Kier alpha value is -0.900. The fraction of sp³-hybridized carbons (Fsp3) is 0.800. The van der Waals surface area contributed by atoms with E-state index in [0.717, 1.165) is 18.7 Å².